The van der Waals surface area contributed by atoms with Gasteiger partial charge in [0.1, 0.15) is 12.1 Å². The number of pyridine rings is 1. The molecule has 8 nitrogen and oxygen atoms in total. The van der Waals surface area contributed by atoms with Gasteiger partial charge in [0.2, 0.25) is 11.8 Å². The van der Waals surface area contributed by atoms with Crippen LogP contribution in [0.3, 0.4) is 0 Å². The number of nitrogens with two attached hydrogens (primary N) is 1. The van der Waals surface area contributed by atoms with Gasteiger partial charge in [-0.2, -0.15) is 0 Å². The van der Waals surface area contributed by atoms with Gasteiger partial charge >= 0.3 is 0 Å². The number of benzene rings is 1. The van der Waals surface area contributed by atoms with E-state index in [-0.39, 0.29) is 49.1 Å². The Morgan fingerprint density at radius 3 is 2.48 bits per heavy atom. The summed E-state index contributed by atoms with van der Waals surface area (Å²) in [6.45, 7) is 3.55. The van der Waals surface area contributed by atoms with Gasteiger partial charge in [0.25, 0.3) is 0 Å². The largest absolute Gasteiger partial charge is 0.346 e. The van der Waals surface area contributed by atoms with Gasteiger partial charge in [0.15, 0.2) is 0 Å². The first-order valence-corrected chi connectivity index (χ1v) is 8.67. The van der Waals surface area contributed by atoms with E-state index in [0.717, 1.165) is 11.0 Å². The molecule has 0 unspecified atom stereocenters. The Morgan fingerprint density at radius 1 is 1.10 bits per heavy atom. The third-order valence-electron chi connectivity index (χ3n) is 4.18. The average molecular weight is 439 g/mol. The van der Waals surface area contributed by atoms with Gasteiger partial charge in [-0.15, -0.1) is 24.8 Å². The van der Waals surface area contributed by atoms with Crippen LogP contribution >= 0.6 is 24.8 Å². The summed E-state index contributed by atoms with van der Waals surface area (Å²) >= 11 is 0. The number of rotatable bonds is 6. The number of aromatic nitrogens is 3. The lowest BCUT2D eigenvalue weighted by Crippen LogP contribution is -2.46. The summed E-state index contributed by atoms with van der Waals surface area (Å²) in [5.41, 5.74) is 8.11. The fourth-order valence-electron chi connectivity index (χ4n) is 2.54. The second-order valence-electron chi connectivity index (χ2n) is 6.54. The van der Waals surface area contributed by atoms with Gasteiger partial charge in [-0.1, -0.05) is 26.0 Å². The molecule has 2 aromatic heterocycles. The van der Waals surface area contributed by atoms with E-state index in [2.05, 4.69) is 20.6 Å². The van der Waals surface area contributed by atoms with Crippen LogP contribution in [0.1, 0.15) is 13.8 Å². The second-order valence-corrected chi connectivity index (χ2v) is 6.54. The predicted octanol–water partition coefficient (Wildman–Crippen LogP) is 2.30. The van der Waals surface area contributed by atoms with Gasteiger partial charge in [-0.3, -0.25) is 14.2 Å². The Morgan fingerprint density at radius 2 is 1.83 bits per heavy atom. The highest BCUT2D eigenvalue weighted by atomic mass is 35.5. The third kappa shape index (κ3) is 5.90. The average Bonchev–Trinajstić information content (AvgIpc) is 3.10. The van der Waals surface area contributed by atoms with E-state index in [1.54, 1.807) is 24.7 Å². The smallest absolute Gasteiger partial charge is 0.243 e. The molecule has 0 aliphatic rings. The van der Waals surface area contributed by atoms with Crippen molar-refractivity contribution in [3.8, 4) is 5.82 Å². The van der Waals surface area contributed by atoms with Gasteiger partial charge in [-0.05, 0) is 30.2 Å². The number of halogens is 2. The summed E-state index contributed by atoms with van der Waals surface area (Å²) in [6.07, 6.45) is 3.27. The van der Waals surface area contributed by atoms with Gasteiger partial charge in [0, 0.05) is 0 Å². The maximum atomic E-state index is 12.0. The summed E-state index contributed by atoms with van der Waals surface area (Å²) in [5.74, 6) is 0.00418. The van der Waals surface area contributed by atoms with Crippen molar-refractivity contribution < 1.29 is 9.59 Å². The minimum atomic E-state index is -0.635. The molecule has 2 amide bonds. The van der Waals surface area contributed by atoms with Crippen molar-refractivity contribution >= 4 is 53.3 Å². The van der Waals surface area contributed by atoms with Gasteiger partial charge < -0.3 is 16.4 Å². The number of imidazole rings is 1. The van der Waals surface area contributed by atoms with Crippen molar-refractivity contribution in [2.24, 2.45) is 11.7 Å². The van der Waals surface area contributed by atoms with Crippen molar-refractivity contribution in [2.45, 2.75) is 19.9 Å². The van der Waals surface area contributed by atoms with Crippen LogP contribution in [0, 0.1) is 5.92 Å². The van der Waals surface area contributed by atoms with Crippen LogP contribution in [0.15, 0.2) is 48.9 Å². The number of hydrogen-bond acceptors (Lipinski definition) is 5. The van der Waals surface area contributed by atoms with Crippen LogP contribution < -0.4 is 16.4 Å². The zero-order valence-electron chi connectivity index (χ0n) is 16.0. The fraction of sp³-hybridized carbons (Fsp3) is 0.263. The number of carbonyl (C=O) groups is 2. The van der Waals surface area contributed by atoms with E-state index in [1.165, 1.54) is 0 Å². The van der Waals surface area contributed by atoms with Crippen LogP contribution in [0.4, 0.5) is 5.69 Å². The Hall–Kier alpha value is -2.68. The van der Waals surface area contributed by atoms with E-state index < -0.39 is 6.04 Å². The zero-order valence-corrected chi connectivity index (χ0v) is 17.7. The molecule has 0 bridgehead atoms. The van der Waals surface area contributed by atoms with Crippen LogP contribution in [-0.4, -0.2) is 38.9 Å². The number of amides is 2. The molecule has 3 rings (SSSR count). The van der Waals surface area contributed by atoms with Gasteiger partial charge in [-0.25, -0.2) is 9.97 Å². The van der Waals surface area contributed by atoms with Crippen LogP contribution in [0.25, 0.3) is 16.9 Å². The molecule has 3 aromatic rings. The molecule has 0 fully saturated rings. The highest BCUT2D eigenvalue weighted by Crippen LogP contribution is 2.17. The van der Waals surface area contributed by atoms with E-state index >= 15 is 0 Å². The summed E-state index contributed by atoms with van der Waals surface area (Å²) in [6, 6.07) is 10.7. The molecule has 29 heavy (non-hydrogen) atoms. The van der Waals surface area contributed by atoms with Crippen molar-refractivity contribution in [1.29, 1.82) is 0 Å². The third-order valence-corrected chi connectivity index (χ3v) is 4.18. The van der Waals surface area contributed by atoms with Crippen LogP contribution in [0.5, 0.6) is 0 Å². The Balaban J connectivity index is 0.00000210. The molecule has 4 N–H and O–H groups in total. The van der Waals surface area contributed by atoms with Gasteiger partial charge in [0.05, 0.1) is 35.5 Å². The van der Waals surface area contributed by atoms with E-state index in [1.807, 2.05) is 42.7 Å². The number of anilines is 1. The summed E-state index contributed by atoms with van der Waals surface area (Å²) in [5, 5.41) is 5.22. The van der Waals surface area contributed by atoms with Crippen molar-refractivity contribution in [3.05, 3.63) is 48.9 Å². The monoisotopic (exact) mass is 438 g/mol. The maximum absolute atomic E-state index is 12.0. The SMILES string of the molecule is CC(C)[C@H](N)C(=O)NCC(=O)Nc1ccc(-n2cnc3ccccc32)nc1.Cl.Cl. The maximum Gasteiger partial charge on any atom is 0.243 e. The molecule has 0 spiro atoms. The number of hydrogen-bond donors (Lipinski definition) is 3. The van der Waals surface area contributed by atoms with E-state index in [9.17, 15) is 9.59 Å². The Bertz CT molecular complexity index is 959. The first kappa shape index (κ1) is 24.4. The van der Waals surface area contributed by atoms with E-state index in [4.69, 9.17) is 5.73 Å². The van der Waals surface area contributed by atoms with E-state index in [0.29, 0.717) is 11.5 Å². The first-order valence-electron chi connectivity index (χ1n) is 8.67. The first-order chi connectivity index (χ1) is 13.0. The Kier molecular flexibility index (Phi) is 9.03. The quantitative estimate of drug-likeness (QED) is 0.545. The van der Waals surface area contributed by atoms with Crippen molar-refractivity contribution in [1.82, 2.24) is 19.9 Å². The molecular formula is C19H24Cl2N6O2. The molecule has 2 heterocycles. The summed E-state index contributed by atoms with van der Waals surface area (Å²) in [7, 11) is 0. The highest BCUT2D eigenvalue weighted by molar-refractivity contribution is 5.95. The molecule has 0 saturated carbocycles. The lowest BCUT2D eigenvalue weighted by molar-refractivity contribution is -0.125. The standard InChI is InChI=1S/C19H22N6O2.2ClH/c1-12(2)18(20)19(27)22-10-17(26)24-13-7-8-16(21-9-13)25-11-23-14-5-3-4-6-15(14)25;;/h3-9,11-12,18H,10,20H2,1-2H3,(H,22,27)(H,24,26);2*1H/t18-;;/m0../s1. The molecular weight excluding hydrogens is 415 g/mol. The molecule has 10 heteroatoms. The highest BCUT2D eigenvalue weighted by Gasteiger charge is 2.17. The lowest BCUT2D eigenvalue weighted by Gasteiger charge is -2.15. The Labute approximate surface area is 181 Å². The molecule has 0 aliphatic heterocycles. The number of nitrogens with one attached hydrogen (secondary N) is 2. The number of nitrogens with zero attached hydrogens (tertiary/aromatic N) is 3. The summed E-state index contributed by atoms with van der Waals surface area (Å²) < 4.78 is 1.87. The molecule has 0 radical (unpaired) electrons. The predicted molar refractivity (Wildman–Crippen MR) is 118 cm³/mol. The zero-order chi connectivity index (χ0) is 19.4. The molecule has 0 aliphatic carbocycles. The fourth-order valence-corrected chi connectivity index (χ4v) is 2.54. The molecule has 1 aromatic carbocycles. The van der Waals surface area contributed by atoms with Crippen LogP contribution in [-0.2, 0) is 9.59 Å². The molecule has 0 saturated heterocycles. The van der Waals surface area contributed by atoms with Crippen LogP contribution in [0.2, 0.25) is 0 Å². The molecule has 1 atom stereocenters. The summed E-state index contributed by atoms with van der Waals surface area (Å²) in [4.78, 5) is 32.5. The topological polar surface area (TPSA) is 115 Å². The number of para-hydroxylation sites is 2. The van der Waals surface area contributed by atoms with Crippen molar-refractivity contribution in [2.75, 3.05) is 11.9 Å². The van der Waals surface area contributed by atoms with Crippen molar-refractivity contribution in [3.63, 3.8) is 0 Å². The molecule has 156 valence electrons. The second kappa shape index (κ2) is 10.8. The number of fused-ring (bicyclic) bond motifs is 1. The number of carbonyl (C=O) groups excluding carboxylic acids is 2. The minimum absolute atomic E-state index is 0. The minimum Gasteiger partial charge on any atom is -0.346 e. The normalized spacial score (nSPS) is 11.3. The lowest BCUT2D eigenvalue weighted by atomic mass is 10.1.